The lowest BCUT2D eigenvalue weighted by Crippen LogP contribution is -2.54. The molecule has 6 rings (SSSR count). The number of carbonyl (C=O) groups is 2. The molecule has 1 spiro atoms. The fraction of sp³-hybridized carbons (Fsp3) is 0.842. The molecule has 7 heteroatoms. The highest BCUT2D eigenvalue weighted by molar-refractivity contribution is 5.68. The molecular weight excluding hydrogens is 566 g/mol. The van der Waals surface area contributed by atoms with Crippen LogP contribution < -0.4 is 0 Å². The lowest BCUT2D eigenvalue weighted by Gasteiger charge is -2.49. The Morgan fingerprint density at radius 1 is 1.04 bits per heavy atom. The molecule has 45 heavy (non-hydrogen) atoms. The van der Waals surface area contributed by atoms with Crippen LogP contribution >= 0.6 is 0 Å². The molecule has 0 aromatic carbocycles. The fourth-order valence-electron chi connectivity index (χ4n) is 10.6. The maximum absolute atomic E-state index is 13.3. The van der Waals surface area contributed by atoms with Gasteiger partial charge in [-0.2, -0.15) is 0 Å². The lowest BCUT2D eigenvalue weighted by molar-refractivity contribution is -0.0783. The molecular formula is C38H59NO6. The van der Waals surface area contributed by atoms with E-state index in [1.54, 1.807) is 11.1 Å². The van der Waals surface area contributed by atoms with Crippen LogP contribution in [0, 0.1) is 35.0 Å². The molecule has 7 nitrogen and oxygen atoms in total. The Morgan fingerprint density at radius 2 is 1.80 bits per heavy atom. The number of fused-ring (bicyclic) bond motifs is 6. The van der Waals surface area contributed by atoms with Crippen LogP contribution in [0.2, 0.25) is 0 Å². The second-order valence-electron chi connectivity index (χ2n) is 15.9. The summed E-state index contributed by atoms with van der Waals surface area (Å²) in [7, 11) is 0. The number of nitrogens with zero attached hydrogens (tertiary/aromatic N) is 1. The van der Waals surface area contributed by atoms with E-state index in [-0.39, 0.29) is 41.3 Å². The molecule has 0 bridgehead atoms. The minimum atomic E-state index is -0.502. The average Bonchev–Trinajstić information content (AvgIpc) is 3.47. The molecule has 0 aromatic rings. The Morgan fingerprint density at radius 3 is 2.56 bits per heavy atom. The van der Waals surface area contributed by atoms with Gasteiger partial charge in [0, 0.05) is 18.9 Å². The predicted octanol–water partition coefficient (Wildman–Crippen LogP) is 9.00. The largest absolute Gasteiger partial charge is 0.508 e. The molecule has 0 unspecified atom stereocenters. The van der Waals surface area contributed by atoms with Gasteiger partial charge in [-0.25, -0.2) is 9.59 Å². The Kier molecular flexibility index (Phi) is 9.68. The first kappa shape index (κ1) is 32.9. The van der Waals surface area contributed by atoms with E-state index < -0.39 is 6.16 Å². The van der Waals surface area contributed by atoms with E-state index in [4.69, 9.17) is 18.9 Å². The van der Waals surface area contributed by atoms with E-state index in [1.165, 1.54) is 18.4 Å². The number of amides is 1. The zero-order chi connectivity index (χ0) is 31.9. The highest BCUT2D eigenvalue weighted by Gasteiger charge is 2.60. The molecule has 1 amide bonds. The minimum absolute atomic E-state index is 0.0709. The minimum Gasteiger partial charge on any atom is -0.449 e. The van der Waals surface area contributed by atoms with Crippen LogP contribution in [0.1, 0.15) is 125 Å². The van der Waals surface area contributed by atoms with E-state index in [9.17, 15) is 9.59 Å². The van der Waals surface area contributed by atoms with Crippen LogP contribution in [-0.4, -0.2) is 60.8 Å². The third kappa shape index (κ3) is 6.09. The van der Waals surface area contributed by atoms with Crippen LogP contribution in [0.5, 0.6) is 0 Å². The molecule has 2 saturated heterocycles. The molecule has 2 saturated carbocycles. The second kappa shape index (κ2) is 13.2. The highest BCUT2D eigenvalue weighted by Crippen LogP contribution is 2.64. The molecule has 4 fully saturated rings. The fourth-order valence-corrected chi connectivity index (χ4v) is 10.6. The molecule has 2 heterocycles. The van der Waals surface area contributed by atoms with Gasteiger partial charge in [0.2, 0.25) is 0 Å². The Balaban J connectivity index is 1.15. The van der Waals surface area contributed by atoms with Gasteiger partial charge in [0.05, 0.1) is 31.0 Å². The molecule has 4 aliphatic carbocycles. The Bertz CT molecular complexity index is 1180. The van der Waals surface area contributed by atoms with Gasteiger partial charge in [-0.15, -0.1) is 0 Å². The number of rotatable bonds is 7. The Labute approximate surface area is 271 Å². The van der Waals surface area contributed by atoms with Gasteiger partial charge < -0.3 is 23.8 Å². The maximum atomic E-state index is 13.3. The second-order valence-corrected chi connectivity index (χ2v) is 15.9. The normalized spacial score (nSPS) is 40.6. The molecule has 6 aliphatic rings. The number of hydrogen-bond acceptors (Lipinski definition) is 6. The van der Waals surface area contributed by atoms with Gasteiger partial charge in [-0.3, -0.25) is 0 Å². The average molecular weight is 626 g/mol. The summed E-state index contributed by atoms with van der Waals surface area (Å²) < 4.78 is 24.0. The van der Waals surface area contributed by atoms with Crippen LogP contribution in [0.15, 0.2) is 22.8 Å². The van der Waals surface area contributed by atoms with Crippen molar-refractivity contribution in [2.75, 3.05) is 19.8 Å². The summed E-state index contributed by atoms with van der Waals surface area (Å²) in [5.74, 6) is 2.61. The van der Waals surface area contributed by atoms with Gasteiger partial charge in [0.1, 0.15) is 6.10 Å². The maximum Gasteiger partial charge on any atom is 0.508 e. The van der Waals surface area contributed by atoms with Gasteiger partial charge in [-0.1, -0.05) is 70.3 Å². The standard InChI is InChI=1S/C38H59NO6/c1-7-9-17-42-35(40)39-23-24(3)19-33-34(39)26(5)38(45-33)16-14-29-30-12-11-27-20-28(44-36(41)43-18-10-8-2)13-15-37(27,6)32(30)21-31(29)25(4)22-38/h11,24,26,28-30,32-34H,7-10,12-23H2,1-6H3/t24-,26+,28-,29-,30-,32-,33+,34-,37-,38-/m0/s1. The molecule has 2 aliphatic heterocycles. The van der Waals surface area contributed by atoms with E-state index in [0.29, 0.717) is 36.9 Å². The van der Waals surface area contributed by atoms with Crippen LogP contribution in [0.25, 0.3) is 0 Å². The number of unbranched alkanes of at least 4 members (excludes halogenated alkanes) is 2. The molecule has 10 atom stereocenters. The van der Waals surface area contributed by atoms with E-state index >= 15 is 0 Å². The topological polar surface area (TPSA) is 74.3 Å². The summed E-state index contributed by atoms with van der Waals surface area (Å²) in [4.78, 5) is 27.6. The van der Waals surface area contributed by atoms with E-state index in [1.807, 2.05) is 4.90 Å². The quantitative estimate of drug-likeness (QED) is 0.160. The summed E-state index contributed by atoms with van der Waals surface area (Å²) in [5, 5.41) is 0. The third-order valence-electron chi connectivity index (χ3n) is 13.1. The zero-order valence-corrected chi connectivity index (χ0v) is 28.9. The van der Waals surface area contributed by atoms with Crippen molar-refractivity contribution < 1.29 is 28.5 Å². The van der Waals surface area contributed by atoms with Crippen molar-refractivity contribution in [3.8, 4) is 0 Å². The zero-order valence-electron chi connectivity index (χ0n) is 28.9. The molecule has 252 valence electrons. The predicted molar refractivity (Wildman–Crippen MR) is 175 cm³/mol. The van der Waals surface area contributed by atoms with Crippen LogP contribution in [-0.2, 0) is 18.9 Å². The smallest absolute Gasteiger partial charge is 0.449 e. The number of carbonyl (C=O) groups excluding carboxylic acids is 2. The van der Waals surface area contributed by atoms with Crippen LogP contribution in [0.3, 0.4) is 0 Å². The van der Waals surface area contributed by atoms with Crippen molar-refractivity contribution in [3.05, 3.63) is 22.8 Å². The number of ether oxygens (including phenoxy) is 4. The monoisotopic (exact) mass is 625 g/mol. The summed E-state index contributed by atoms with van der Waals surface area (Å²) in [6.45, 7) is 15.4. The first-order chi connectivity index (χ1) is 21.6. The summed E-state index contributed by atoms with van der Waals surface area (Å²) in [5.41, 5.74) is 4.71. The van der Waals surface area contributed by atoms with Crippen molar-refractivity contribution >= 4 is 12.2 Å². The van der Waals surface area contributed by atoms with Gasteiger partial charge in [-0.05, 0) is 100 Å². The molecule has 0 N–H and O–H groups in total. The van der Waals surface area contributed by atoms with Crippen molar-refractivity contribution in [3.63, 3.8) is 0 Å². The Hall–Kier alpha value is -2.02. The van der Waals surface area contributed by atoms with Gasteiger partial charge in [0.25, 0.3) is 0 Å². The summed E-state index contributed by atoms with van der Waals surface area (Å²) in [6.07, 6.45) is 15.1. The highest BCUT2D eigenvalue weighted by atomic mass is 16.7. The number of hydrogen-bond donors (Lipinski definition) is 0. The number of likely N-dealkylation sites (tertiary alicyclic amines) is 1. The third-order valence-corrected chi connectivity index (χ3v) is 13.1. The van der Waals surface area contributed by atoms with E-state index in [0.717, 1.165) is 77.2 Å². The summed E-state index contributed by atoms with van der Waals surface area (Å²) >= 11 is 0. The number of piperidine rings is 1. The first-order valence-electron chi connectivity index (χ1n) is 18.4. The first-order valence-corrected chi connectivity index (χ1v) is 18.4. The van der Waals surface area contributed by atoms with Gasteiger partial charge in [0.15, 0.2) is 0 Å². The number of allylic oxidation sites excluding steroid dienone is 2. The summed E-state index contributed by atoms with van der Waals surface area (Å²) in [6, 6.07) is 0.0965. The van der Waals surface area contributed by atoms with Gasteiger partial charge >= 0.3 is 12.2 Å². The lowest BCUT2D eigenvalue weighted by atomic mass is 9.56. The van der Waals surface area contributed by atoms with E-state index in [2.05, 4.69) is 47.6 Å². The SMILES string of the molecule is CCCCOC(=O)O[C@H]1CC[C@@]2(C)C(=CC[C@H]3[C@@H]4CC[C@@]5(CC(C)=C4C[C@@H]32)O[C@@H]2C[C@H](C)CN(C(=O)OCCCC)[C@H]2[C@H]5C)C1. The van der Waals surface area contributed by atoms with Crippen molar-refractivity contribution in [2.24, 2.45) is 35.0 Å². The van der Waals surface area contributed by atoms with Crippen molar-refractivity contribution in [1.29, 1.82) is 0 Å². The molecule has 0 aromatic heterocycles. The van der Waals surface area contributed by atoms with Crippen LogP contribution in [0.4, 0.5) is 9.59 Å². The van der Waals surface area contributed by atoms with Crippen molar-refractivity contribution in [1.82, 2.24) is 4.90 Å². The van der Waals surface area contributed by atoms with Crippen molar-refractivity contribution in [2.45, 2.75) is 149 Å². The molecule has 0 radical (unpaired) electrons.